The Balaban J connectivity index is 1.49. The molecule has 172 valence electrons. The molecule has 2 aliphatic rings. The summed E-state index contributed by atoms with van der Waals surface area (Å²) in [5.74, 6) is 0.185. The van der Waals surface area contributed by atoms with Crippen LogP contribution in [-0.2, 0) is 22.6 Å². The molecule has 0 spiro atoms. The highest BCUT2D eigenvalue weighted by Crippen LogP contribution is 2.38. The van der Waals surface area contributed by atoms with Crippen molar-refractivity contribution in [2.75, 3.05) is 26.8 Å². The Labute approximate surface area is 201 Å². The van der Waals surface area contributed by atoms with Crippen LogP contribution in [0.15, 0.2) is 41.3 Å². The second-order valence-electron chi connectivity index (χ2n) is 7.56. The van der Waals surface area contributed by atoms with Gasteiger partial charge in [-0.05, 0) is 53.9 Å². The van der Waals surface area contributed by atoms with E-state index >= 15 is 0 Å². The third-order valence-electron chi connectivity index (χ3n) is 5.52. The van der Waals surface area contributed by atoms with Gasteiger partial charge in [0.15, 0.2) is 11.5 Å². The van der Waals surface area contributed by atoms with E-state index in [2.05, 4.69) is 6.07 Å². The highest BCUT2D eigenvalue weighted by atomic mass is 35.5. The van der Waals surface area contributed by atoms with Crippen molar-refractivity contribution in [3.05, 3.63) is 63.0 Å². The van der Waals surface area contributed by atoms with Crippen molar-refractivity contribution in [1.29, 1.82) is 0 Å². The summed E-state index contributed by atoms with van der Waals surface area (Å²) in [7, 11) is 1.51. The molecule has 4 rings (SSSR count). The molecular formula is C24H23ClN2O5S. The van der Waals surface area contributed by atoms with E-state index < -0.39 is 11.1 Å². The monoisotopic (exact) mass is 486 g/mol. The third-order valence-corrected chi connectivity index (χ3v) is 6.75. The fourth-order valence-electron chi connectivity index (χ4n) is 3.81. The van der Waals surface area contributed by atoms with Gasteiger partial charge in [0, 0.05) is 19.2 Å². The van der Waals surface area contributed by atoms with Crippen molar-refractivity contribution < 1.29 is 23.9 Å². The largest absolute Gasteiger partial charge is 0.493 e. The van der Waals surface area contributed by atoms with Gasteiger partial charge in [0.2, 0.25) is 5.91 Å². The molecule has 0 saturated carbocycles. The molecule has 2 aliphatic heterocycles. The maximum Gasteiger partial charge on any atom is 0.294 e. The van der Waals surface area contributed by atoms with Gasteiger partial charge in [-0.3, -0.25) is 19.3 Å². The van der Waals surface area contributed by atoms with Crippen molar-refractivity contribution in [1.82, 2.24) is 9.80 Å². The minimum atomic E-state index is -0.514. The summed E-state index contributed by atoms with van der Waals surface area (Å²) in [6.45, 7) is 3.04. The first-order valence-corrected chi connectivity index (χ1v) is 11.7. The second kappa shape index (κ2) is 9.89. The normalized spacial score (nSPS) is 16.9. The summed E-state index contributed by atoms with van der Waals surface area (Å²) in [4.78, 5) is 41.2. The summed E-state index contributed by atoms with van der Waals surface area (Å²) in [5.41, 5.74) is 2.82. The van der Waals surface area contributed by atoms with Gasteiger partial charge >= 0.3 is 0 Å². The smallest absolute Gasteiger partial charge is 0.294 e. The molecule has 9 heteroatoms. The molecule has 0 radical (unpaired) electrons. The molecule has 1 saturated heterocycles. The van der Waals surface area contributed by atoms with Gasteiger partial charge in [-0.25, -0.2) is 0 Å². The zero-order valence-corrected chi connectivity index (χ0v) is 19.9. The fourth-order valence-corrected chi connectivity index (χ4v) is 4.85. The van der Waals surface area contributed by atoms with Gasteiger partial charge in [0.1, 0.15) is 6.54 Å². The standard InChI is InChI=1S/C24H23ClN2O5S/c1-3-32-20-12-18(25)17(10-19(20)31-2)11-21-23(29)27(24(30)33-21)14-22(28)26-9-8-15-6-4-5-7-16(15)13-26/h4-7,10-12H,3,8-9,13-14H2,1-2H3/b21-11-. The van der Waals surface area contributed by atoms with Crippen LogP contribution in [0, 0.1) is 0 Å². The first-order valence-electron chi connectivity index (χ1n) is 10.5. The number of benzene rings is 2. The van der Waals surface area contributed by atoms with E-state index in [-0.39, 0.29) is 17.4 Å². The molecule has 2 aromatic rings. The Kier molecular flexibility index (Phi) is 6.95. The Hall–Kier alpha value is -2.97. The molecule has 2 heterocycles. The van der Waals surface area contributed by atoms with Crippen molar-refractivity contribution in [2.24, 2.45) is 0 Å². The Morgan fingerprint density at radius 2 is 1.94 bits per heavy atom. The lowest BCUT2D eigenvalue weighted by molar-refractivity contribution is -0.136. The van der Waals surface area contributed by atoms with Gasteiger partial charge < -0.3 is 14.4 Å². The minimum Gasteiger partial charge on any atom is -0.493 e. The Morgan fingerprint density at radius 1 is 1.18 bits per heavy atom. The van der Waals surface area contributed by atoms with Gasteiger partial charge in [0.05, 0.1) is 23.6 Å². The SMILES string of the molecule is CCOc1cc(Cl)c(/C=C2\SC(=O)N(CC(=O)N3CCc4ccccc4C3)C2=O)cc1OC. The number of ether oxygens (including phenoxy) is 2. The van der Waals surface area contributed by atoms with Crippen LogP contribution in [0.4, 0.5) is 4.79 Å². The number of carbonyl (C=O) groups is 3. The van der Waals surface area contributed by atoms with E-state index in [4.69, 9.17) is 21.1 Å². The Bertz CT molecular complexity index is 1150. The van der Waals surface area contributed by atoms with Crippen LogP contribution in [0.1, 0.15) is 23.6 Å². The fraction of sp³-hybridized carbons (Fsp3) is 0.292. The van der Waals surface area contributed by atoms with Crippen molar-refractivity contribution >= 4 is 46.5 Å². The maximum absolute atomic E-state index is 12.9. The van der Waals surface area contributed by atoms with Crippen molar-refractivity contribution in [2.45, 2.75) is 19.9 Å². The van der Waals surface area contributed by atoms with Crippen LogP contribution in [-0.4, -0.2) is 53.7 Å². The van der Waals surface area contributed by atoms with E-state index in [0.717, 1.165) is 28.6 Å². The van der Waals surface area contributed by atoms with Gasteiger partial charge in [-0.2, -0.15) is 0 Å². The average Bonchev–Trinajstić information content (AvgIpc) is 3.07. The highest BCUT2D eigenvalue weighted by Gasteiger charge is 2.37. The highest BCUT2D eigenvalue weighted by molar-refractivity contribution is 8.18. The summed E-state index contributed by atoms with van der Waals surface area (Å²) >= 11 is 7.15. The van der Waals surface area contributed by atoms with E-state index in [1.54, 1.807) is 17.0 Å². The molecule has 0 bridgehead atoms. The van der Waals surface area contributed by atoms with Gasteiger partial charge in [-0.1, -0.05) is 35.9 Å². The van der Waals surface area contributed by atoms with Crippen LogP contribution in [0.5, 0.6) is 11.5 Å². The molecule has 0 atom stereocenters. The molecule has 33 heavy (non-hydrogen) atoms. The first-order chi connectivity index (χ1) is 15.9. The zero-order chi connectivity index (χ0) is 23.5. The zero-order valence-electron chi connectivity index (χ0n) is 18.3. The van der Waals surface area contributed by atoms with Crippen molar-refractivity contribution in [3.63, 3.8) is 0 Å². The number of rotatable bonds is 6. The van der Waals surface area contributed by atoms with Crippen LogP contribution in [0.2, 0.25) is 5.02 Å². The first kappa shape index (κ1) is 23.2. The number of amides is 3. The van der Waals surface area contributed by atoms with Crippen LogP contribution < -0.4 is 9.47 Å². The van der Waals surface area contributed by atoms with E-state index in [1.165, 1.54) is 18.7 Å². The molecule has 3 amide bonds. The van der Waals surface area contributed by atoms with Gasteiger partial charge in [0.25, 0.3) is 11.1 Å². The second-order valence-corrected chi connectivity index (χ2v) is 8.96. The minimum absolute atomic E-state index is 0.199. The van der Waals surface area contributed by atoms with E-state index in [0.29, 0.717) is 41.8 Å². The predicted octanol–water partition coefficient (Wildman–Crippen LogP) is 4.37. The number of hydrogen-bond acceptors (Lipinski definition) is 6. The summed E-state index contributed by atoms with van der Waals surface area (Å²) in [6, 6.07) is 11.2. The molecular weight excluding hydrogens is 464 g/mol. The number of halogens is 1. The molecule has 2 aromatic carbocycles. The summed E-state index contributed by atoms with van der Waals surface area (Å²) < 4.78 is 10.8. The van der Waals surface area contributed by atoms with Crippen LogP contribution in [0.3, 0.4) is 0 Å². The number of methoxy groups -OCH3 is 1. The lowest BCUT2D eigenvalue weighted by Gasteiger charge is -2.29. The molecule has 0 unspecified atom stereocenters. The third kappa shape index (κ3) is 4.86. The quantitative estimate of drug-likeness (QED) is 0.564. The molecule has 0 aromatic heterocycles. The van der Waals surface area contributed by atoms with Crippen LogP contribution in [0.25, 0.3) is 6.08 Å². The average molecular weight is 487 g/mol. The van der Waals surface area contributed by atoms with Crippen LogP contribution >= 0.6 is 23.4 Å². The molecule has 7 nitrogen and oxygen atoms in total. The topological polar surface area (TPSA) is 76.2 Å². The lowest BCUT2D eigenvalue weighted by atomic mass is 10.00. The van der Waals surface area contributed by atoms with E-state index in [9.17, 15) is 14.4 Å². The lowest BCUT2D eigenvalue weighted by Crippen LogP contribution is -2.44. The number of fused-ring (bicyclic) bond motifs is 1. The predicted molar refractivity (Wildman–Crippen MR) is 127 cm³/mol. The van der Waals surface area contributed by atoms with E-state index in [1.807, 2.05) is 25.1 Å². The number of hydrogen-bond donors (Lipinski definition) is 0. The molecule has 1 fully saturated rings. The van der Waals surface area contributed by atoms with Crippen molar-refractivity contribution in [3.8, 4) is 11.5 Å². The Morgan fingerprint density at radius 3 is 2.67 bits per heavy atom. The summed E-state index contributed by atoms with van der Waals surface area (Å²) in [5, 5.41) is -0.125. The van der Waals surface area contributed by atoms with Gasteiger partial charge in [-0.15, -0.1) is 0 Å². The number of thioether (sulfide) groups is 1. The maximum atomic E-state index is 12.9. The molecule has 0 N–H and O–H groups in total. The summed E-state index contributed by atoms with van der Waals surface area (Å²) in [6.07, 6.45) is 2.29. The number of imide groups is 1. The number of nitrogens with zero attached hydrogens (tertiary/aromatic N) is 2. The number of carbonyl (C=O) groups excluding carboxylic acids is 3. The molecule has 0 aliphatic carbocycles.